The number of carbonyl (C=O) groups is 1. The average Bonchev–Trinajstić information content (AvgIpc) is 3.14. The van der Waals surface area contributed by atoms with Crippen molar-refractivity contribution in [2.24, 2.45) is 0 Å². The van der Waals surface area contributed by atoms with Gasteiger partial charge in [0.2, 0.25) is 15.7 Å². The zero-order valence-electron chi connectivity index (χ0n) is 18.1. The molecule has 0 spiro atoms. The summed E-state index contributed by atoms with van der Waals surface area (Å²) in [6.07, 6.45) is 5.57. The number of rotatable bonds is 3. The molecule has 0 saturated carbocycles. The molecule has 3 aromatic rings. The van der Waals surface area contributed by atoms with E-state index in [0.717, 1.165) is 24.7 Å². The van der Waals surface area contributed by atoms with Gasteiger partial charge in [-0.3, -0.25) is 9.10 Å². The topological polar surface area (TPSA) is 92.5 Å². The number of fused-ring (bicyclic) bond motifs is 2. The average molecular weight is 458 g/mol. The van der Waals surface area contributed by atoms with Crippen LogP contribution in [0.2, 0.25) is 0 Å². The summed E-state index contributed by atoms with van der Waals surface area (Å²) in [5.41, 5.74) is 2.42. The Morgan fingerprint density at radius 3 is 2.59 bits per heavy atom. The van der Waals surface area contributed by atoms with Crippen LogP contribution < -0.4 is 9.62 Å². The SMILES string of the molecule is CNC(=O)c1c(-c2ccc(F)cc2)oc2nc3c(cc12)C(C)=CCCCCN3S(C)(=O)=O. The third-order valence-corrected chi connectivity index (χ3v) is 6.71. The van der Waals surface area contributed by atoms with E-state index in [9.17, 15) is 17.6 Å². The number of anilines is 1. The second kappa shape index (κ2) is 8.38. The second-order valence-corrected chi connectivity index (χ2v) is 9.73. The summed E-state index contributed by atoms with van der Waals surface area (Å²) in [5.74, 6) is -0.268. The van der Waals surface area contributed by atoms with Crippen LogP contribution in [0.25, 0.3) is 28.0 Å². The van der Waals surface area contributed by atoms with Gasteiger partial charge in [-0.15, -0.1) is 0 Å². The van der Waals surface area contributed by atoms with Crippen molar-refractivity contribution in [1.29, 1.82) is 0 Å². The predicted molar refractivity (Wildman–Crippen MR) is 122 cm³/mol. The quantitative estimate of drug-likeness (QED) is 0.631. The number of halogens is 1. The summed E-state index contributed by atoms with van der Waals surface area (Å²) in [5, 5.41) is 3.08. The zero-order chi connectivity index (χ0) is 23.0. The Hall–Kier alpha value is -3.20. The highest BCUT2D eigenvalue weighted by molar-refractivity contribution is 7.92. The number of benzene rings is 1. The molecule has 1 aliphatic rings. The number of carbonyl (C=O) groups excluding carboxylic acids is 1. The maximum atomic E-state index is 13.5. The van der Waals surface area contributed by atoms with E-state index in [4.69, 9.17) is 4.42 Å². The zero-order valence-corrected chi connectivity index (χ0v) is 18.9. The predicted octanol–water partition coefficient (Wildman–Crippen LogP) is 4.35. The number of aromatic nitrogens is 1. The van der Waals surface area contributed by atoms with Gasteiger partial charge in [0.05, 0.1) is 17.2 Å². The third kappa shape index (κ3) is 4.00. The molecule has 0 fully saturated rings. The molecule has 3 heterocycles. The van der Waals surface area contributed by atoms with Crippen molar-refractivity contribution in [2.45, 2.75) is 26.2 Å². The molecule has 0 radical (unpaired) electrons. The molecule has 0 atom stereocenters. The Kier molecular flexibility index (Phi) is 5.77. The fraction of sp³-hybridized carbons (Fsp3) is 0.304. The van der Waals surface area contributed by atoms with Crippen LogP contribution in [0.3, 0.4) is 0 Å². The summed E-state index contributed by atoms with van der Waals surface area (Å²) in [4.78, 5) is 17.4. The minimum Gasteiger partial charge on any atom is -0.437 e. The fourth-order valence-electron chi connectivity index (χ4n) is 3.91. The van der Waals surface area contributed by atoms with Crippen LogP contribution in [0.5, 0.6) is 0 Å². The van der Waals surface area contributed by atoms with E-state index in [1.54, 1.807) is 6.07 Å². The monoisotopic (exact) mass is 457 g/mol. The van der Waals surface area contributed by atoms with Crippen LogP contribution in [0, 0.1) is 5.82 Å². The Morgan fingerprint density at radius 2 is 1.94 bits per heavy atom. The maximum Gasteiger partial charge on any atom is 0.255 e. The molecule has 1 amide bonds. The molecular weight excluding hydrogens is 433 g/mol. The van der Waals surface area contributed by atoms with Crippen molar-refractivity contribution in [3.63, 3.8) is 0 Å². The number of furan rings is 1. The number of hydrogen-bond acceptors (Lipinski definition) is 5. The molecule has 1 N–H and O–H groups in total. The minimum atomic E-state index is -3.59. The van der Waals surface area contributed by atoms with Crippen molar-refractivity contribution in [3.8, 4) is 11.3 Å². The molecule has 4 rings (SSSR count). The normalized spacial score (nSPS) is 14.9. The number of amides is 1. The van der Waals surface area contributed by atoms with Gasteiger partial charge in [0.25, 0.3) is 5.91 Å². The minimum absolute atomic E-state index is 0.141. The van der Waals surface area contributed by atoms with Gasteiger partial charge in [-0.05, 0) is 62.1 Å². The van der Waals surface area contributed by atoms with Crippen LogP contribution in [0.1, 0.15) is 42.1 Å². The molecule has 168 valence electrons. The number of allylic oxidation sites excluding steroid dienone is 2. The van der Waals surface area contributed by atoms with Crippen molar-refractivity contribution in [1.82, 2.24) is 10.3 Å². The first-order chi connectivity index (χ1) is 15.2. The van der Waals surface area contributed by atoms with E-state index in [-0.39, 0.29) is 28.8 Å². The molecule has 1 aliphatic heterocycles. The van der Waals surface area contributed by atoms with Gasteiger partial charge in [-0.25, -0.2) is 12.8 Å². The molecular formula is C23H24FN3O4S. The summed E-state index contributed by atoms with van der Waals surface area (Å²) in [6.45, 7) is 2.21. The second-order valence-electron chi connectivity index (χ2n) is 7.82. The molecule has 0 aliphatic carbocycles. The fourth-order valence-corrected chi connectivity index (χ4v) is 4.82. The molecule has 2 aromatic heterocycles. The summed E-state index contributed by atoms with van der Waals surface area (Å²) in [6, 6.07) is 7.37. The van der Waals surface area contributed by atoms with E-state index >= 15 is 0 Å². The van der Waals surface area contributed by atoms with Crippen molar-refractivity contribution in [2.75, 3.05) is 24.2 Å². The van der Waals surface area contributed by atoms with Crippen LogP contribution in [0.4, 0.5) is 10.2 Å². The maximum absolute atomic E-state index is 13.5. The summed E-state index contributed by atoms with van der Waals surface area (Å²) < 4.78 is 45.9. The van der Waals surface area contributed by atoms with Crippen molar-refractivity contribution >= 4 is 38.4 Å². The number of nitrogens with zero attached hydrogens (tertiary/aromatic N) is 2. The lowest BCUT2D eigenvalue weighted by Gasteiger charge is -2.23. The highest BCUT2D eigenvalue weighted by Gasteiger charge is 2.28. The van der Waals surface area contributed by atoms with Gasteiger partial charge in [-0.2, -0.15) is 4.98 Å². The molecule has 9 heteroatoms. The third-order valence-electron chi connectivity index (χ3n) is 5.55. The van der Waals surface area contributed by atoms with Crippen LogP contribution in [-0.4, -0.2) is 39.2 Å². The highest BCUT2D eigenvalue weighted by Crippen LogP contribution is 2.38. The molecule has 1 aromatic carbocycles. The van der Waals surface area contributed by atoms with Crippen molar-refractivity contribution < 1.29 is 22.0 Å². The van der Waals surface area contributed by atoms with Gasteiger partial charge < -0.3 is 9.73 Å². The number of nitrogens with one attached hydrogen (secondary N) is 1. The lowest BCUT2D eigenvalue weighted by molar-refractivity contribution is 0.0964. The van der Waals surface area contributed by atoms with Crippen LogP contribution >= 0.6 is 0 Å². The number of sulfonamides is 1. The highest BCUT2D eigenvalue weighted by atomic mass is 32.2. The van der Waals surface area contributed by atoms with Crippen LogP contribution in [-0.2, 0) is 10.0 Å². The Morgan fingerprint density at radius 1 is 1.22 bits per heavy atom. The summed E-state index contributed by atoms with van der Waals surface area (Å²) >= 11 is 0. The van der Waals surface area contributed by atoms with E-state index < -0.39 is 15.8 Å². The molecule has 0 unspecified atom stereocenters. The van der Waals surface area contributed by atoms with Gasteiger partial charge >= 0.3 is 0 Å². The molecule has 0 bridgehead atoms. The number of pyridine rings is 1. The molecule has 0 saturated heterocycles. The van der Waals surface area contributed by atoms with E-state index in [2.05, 4.69) is 16.4 Å². The Balaban J connectivity index is 2.05. The van der Waals surface area contributed by atoms with Gasteiger partial charge in [-0.1, -0.05) is 6.08 Å². The van der Waals surface area contributed by atoms with Crippen LogP contribution in [0.15, 0.2) is 40.8 Å². The largest absolute Gasteiger partial charge is 0.437 e. The van der Waals surface area contributed by atoms with E-state index in [1.807, 2.05) is 6.92 Å². The van der Waals surface area contributed by atoms with Gasteiger partial charge in [0, 0.05) is 24.7 Å². The van der Waals surface area contributed by atoms with Gasteiger partial charge in [0.1, 0.15) is 11.6 Å². The standard InChI is InChI=1S/C23H24FN3O4S/c1-14-7-5-4-6-12-27(32(3,29)30)21-17(14)13-18-19(22(28)25-2)20(31-23(18)26-21)15-8-10-16(24)11-9-15/h7-11,13H,4-6,12H2,1-3H3,(H,25,28). The first kappa shape index (κ1) is 22.0. The Bertz CT molecular complexity index is 1330. The molecule has 32 heavy (non-hydrogen) atoms. The molecule has 7 nitrogen and oxygen atoms in total. The lowest BCUT2D eigenvalue weighted by Crippen LogP contribution is -2.32. The van der Waals surface area contributed by atoms with E-state index in [0.29, 0.717) is 29.5 Å². The Labute approximate surface area is 186 Å². The summed E-state index contributed by atoms with van der Waals surface area (Å²) in [7, 11) is -2.08. The lowest BCUT2D eigenvalue weighted by atomic mass is 10.0. The smallest absolute Gasteiger partial charge is 0.255 e. The first-order valence-corrected chi connectivity index (χ1v) is 12.2. The van der Waals surface area contributed by atoms with Gasteiger partial charge in [0.15, 0.2) is 5.82 Å². The first-order valence-electron chi connectivity index (χ1n) is 10.3. The number of hydrogen-bond donors (Lipinski definition) is 1. The van der Waals surface area contributed by atoms with Crippen molar-refractivity contribution in [3.05, 3.63) is 53.4 Å². The van der Waals surface area contributed by atoms with E-state index in [1.165, 1.54) is 35.6 Å².